The van der Waals surface area contributed by atoms with E-state index in [9.17, 15) is 24.0 Å². The minimum absolute atomic E-state index is 0.0872. The van der Waals surface area contributed by atoms with E-state index in [0.29, 0.717) is 43.2 Å². The molecule has 6 aliphatic rings. The van der Waals surface area contributed by atoms with Crippen LogP contribution in [0, 0.1) is 17.8 Å². The van der Waals surface area contributed by atoms with Crippen LogP contribution in [-0.4, -0.2) is 110 Å². The second-order valence-corrected chi connectivity index (χ2v) is 23.1. The summed E-state index contributed by atoms with van der Waals surface area (Å²) in [4.78, 5) is 89.0. The zero-order valence-electron chi connectivity index (χ0n) is 45.8. The summed E-state index contributed by atoms with van der Waals surface area (Å²) in [5, 5.41) is 5.77. The van der Waals surface area contributed by atoms with E-state index < -0.39 is 36.4 Å². The molecule has 11 rings (SSSR count). The van der Waals surface area contributed by atoms with Gasteiger partial charge < -0.3 is 54.1 Å². The van der Waals surface area contributed by atoms with Crippen molar-refractivity contribution in [3.8, 4) is 45.1 Å². The Labute approximate surface area is 461 Å². The predicted molar refractivity (Wildman–Crippen MR) is 293 cm³/mol. The molecular weight excluding hydrogens is 1000 g/mol. The van der Waals surface area contributed by atoms with Crippen LogP contribution in [0.4, 0.5) is 9.59 Å². The molecule has 0 radical (unpaired) electrons. The maximum Gasteiger partial charge on any atom is 0.408 e. The van der Waals surface area contributed by atoms with Crippen LogP contribution in [0.25, 0.3) is 33.6 Å². The Morgan fingerprint density at radius 2 is 1.22 bits per heavy atom. The standard InChI is InChI=1S/C61H74N8O10/c1-35(2)53(66-60(73)78-44-13-5-6-14-44)57(70)68-26-10-17-49(68)55-62-31-47(64-55)39-22-18-37(19-23-39)38-20-24-40(25-21-38)48-32-63-56(65-48)50-30-46(33-69(50)58(71)54(36(3)4)67-61(74)79-45-15-7-8-16-45)77-59(72)42-12-9-11-41-28-51-52(76-34-75-51)29-43(41)27-42/h18-25,28-29,31-32,35-36,42,44-46,49-50,53-54H,5-17,26-27,30,33-34H2,1-4H3,(H,62,64)(H,63,65)(H,66,73)(H,67,74)/t42?,46-,49+,50+,53+,54+/m1/s1. The van der Waals surface area contributed by atoms with Crippen molar-refractivity contribution in [1.29, 1.82) is 0 Å². The van der Waals surface area contributed by atoms with Crippen molar-refractivity contribution in [2.45, 2.75) is 166 Å². The zero-order chi connectivity index (χ0) is 54.7. The molecule has 79 heavy (non-hydrogen) atoms. The monoisotopic (exact) mass is 1080 g/mol. The molecule has 3 aromatic carbocycles. The van der Waals surface area contributed by atoms with Crippen molar-refractivity contribution >= 4 is 30.0 Å². The van der Waals surface area contributed by atoms with Gasteiger partial charge in [-0.1, -0.05) is 76.2 Å². The molecule has 1 unspecified atom stereocenters. The van der Waals surface area contributed by atoms with Gasteiger partial charge in [0, 0.05) is 24.7 Å². The number of nitrogens with zero attached hydrogens (tertiary/aromatic N) is 4. The highest BCUT2D eigenvalue weighted by Gasteiger charge is 2.44. The van der Waals surface area contributed by atoms with E-state index in [-0.39, 0.29) is 67.1 Å². The maximum atomic E-state index is 14.7. The number of fused-ring (bicyclic) bond motifs is 2. The summed E-state index contributed by atoms with van der Waals surface area (Å²) in [6.07, 6.45) is 13.9. The molecule has 6 atom stereocenters. The third kappa shape index (κ3) is 12.0. The molecule has 5 heterocycles. The van der Waals surface area contributed by atoms with Crippen molar-refractivity contribution < 1.29 is 47.7 Å². The van der Waals surface area contributed by atoms with Crippen LogP contribution in [0.2, 0.25) is 0 Å². The number of hydrogen-bond acceptors (Lipinski definition) is 12. The highest BCUT2D eigenvalue weighted by molar-refractivity contribution is 5.87. The Morgan fingerprint density at radius 3 is 1.84 bits per heavy atom. The van der Waals surface area contributed by atoms with E-state index in [2.05, 4.69) is 44.9 Å². The molecule has 18 heteroatoms. The number of ether oxygens (including phenoxy) is 5. The molecule has 4 fully saturated rings. The highest BCUT2D eigenvalue weighted by atomic mass is 16.7. The van der Waals surface area contributed by atoms with Gasteiger partial charge in [-0.05, 0) is 142 Å². The van der Waals surface area contributed by atoms with E-state index in [1.165, 1.54) is 0 Å². The van der Waals surface area contributed by atoms with Crippen molar-refractivity contribution in [3.63, 3.8) is 0 Å². The third-order valence-electron chi connectivity index (χ3n) is 17.0. The van der Waals surface area contributed by atoms with Crippen molar-refractivity contribution in [2.75, 3.05) is 19.9 Å². The van der Waals surface area contributed by atoms with Crippen LogP contribution in [0.15, 0.2) is 73.1 Å². The van der Waals surface area contributed by atoms with Gasteiger partial charge in [0.05, 0.1) is 42.1 Å². The Hall–Kier alpha value is -7.37. The van der Waals surface area contributed by atoms with Crippen molar-refractivity contribution in [2.24, 2.45) is 17.8 Å². The van der Waals surface area contributed by atoms with E-state index in [1.54, 1.807) is 11.1 Å². The molecule has 2 saturated heterocycles. The van der Waals surface area contributed by atoms with E-state index in [1.807, 2.05) is 75.2 Å². The summed E-state index contributed by atoms with van der Waals surface area (Å²) in [6.45, 7) is 8.57. The predicted octanol–water partition coefficient (Wildman–Crippen LogP) is 10.3. The summed E-state index contributed by atoms with van der Waals surface area (Å²) in [5.74, 6) is 1.25. The number of carbonyl (C=O) groups excluding carboxylic acids is 5. The molecule has 0 spiro atoms. The normalized spacial score (nSPS) is 21.9. The number of esters is 1. The lowest BCUT2D eigenvalue weighted by Gasteiger charge is -2.30. The molecule has 0 bridgehead atoms. The van der Waals surface area contributed by atoms with Gasteiger partial charge in [0.2, 0.25) is 18.6 Å². The number of likely N-dealkylation sites (tertiary alicyclic amines) is 2. The lowest BCUT2D eigenvalue weighted by molar-refractivity contribution is -0.154. The molecule has 2 saturated carbocycles. The fraction of sp³-hybridized carbons (Fsp3) is 0.525. The molecule has 418 valence electrons. The van der Waals surface area contributed by atoms with Crippen LogP contribution in [0.1, 0.15) is 146 Å². The number of amides is 4. The number of hydrogen-bond donors (Lipinski definition) is 4. The number of nitrogens with one attached hydrogen (secondary N) is 4. The Morgan fingerprint density at radius 1 is 0.633 bits per heavy atom. The summed E-state index contributed by atoms with van der Waals surface area (Å²) < 4.78 is 29.0. The van der Waals surface area contributed by atoms with Gasteiger partial charge in [-0.25, -0.2) is 19.6 Å². The first-order valence-corrected chi connectivity index (χ1v) is 28.8. The largest absolute Gasteiger partial charge is 0.460 e. The third-order valence-corrected chi connectivity index (χ3v) is 17.0. The smallest absolute Gasteiger partial charge is 0.408 e. The van der Waals surface area contributed by atoms with Gasteiger partial charge in [0.1, 0.15) is 42.0 Å². The number of aryl methyl sites for hydroxylation is 1. The lowest BCUT2D eigenvalue weighted by Crippen LogP contribution is -2.52. The summed E-state index contributed by atoms with van der Waals surface area (Å²) in [5.41, 5.74) is 7.61. The lowest BCUT2D eigenvalue weighted by atomic mass is 9.96. The summed E-state index contributed by atoms with van der Waals surface area (Å²) in [7, 11) is 0. The van der Waals surface area contributed by atoms with Crippen LogP contribution < -0.4 is 20.1 Å². The quantitative estimate of drug-likeness (QED) is 0.0437. The number of carbonyl (C=O) groups is 5. The van der Waals surface area contributed by atoms with Crippen LogP contribution in [0.5, 0.6) is 11.5 Å². The van der Waals surface area contributed by atoms with Crippen molar-refractivity contribution in [3.05, 3.63) is 95.8 Å². The summed E-state index contributed by atoms with van der Waals surface area (Å²) >= 11 is 0. The van der Waals surface area contributed by atoms with Gasteiger partial charge >= 0.3 is 18.2 Å². The first-order valence-electron chi connectivity index (χ1n) is 28.8. The SMILES string of the molecule is CC(C)[C@H](NC(=O)OC1CCCC1)C(=O)N1CCC[C@H]1c1nc(-c2ccc(-c3ccc(-c4cnc([C@@H]5C[C@@H](OC(=O)C6CCCc7cc8c(cc7C6)OCO8)CN5C(=O)[C@@H](NC(=O)OC5CCCC5)C(C)C)[nH]4)cc3)cc2)c[nH]1. The van der Waals surface area contributed by atoms with E-state index >= 15 is 0 Å². The minimum Gasteiger partial charge on any atom is -0.460 e. The van der Waals surface area contributed by atoms with Gasteiger partial charge in [-0.2, -0.15) is 0 Å². The summed E-state index contributed by atoms with van der Waals surface area (Å²) in [6, 6.07) is 18.0. The number of alkyl carbamates (subject to hydrolysis) is 2. The molecule has 3 aliphatic heterocycles. The van der Waals surface area contributed by atoms with Crippen LogP contribution in [-0.2, 0) is 41.4 Å². The van der Waals surface area contributed by atoms with Crippen LogP contribution in [0.3, 0.4) is 0 Å². The van der Waals surface area contributed by atoms with Crippen molar-refractivity contribution in [1.82, 2.24) is 40.4 Å². The van der Waals surface area contributed by atoms with E-state index in [4.69, 9.17) is 33.7 Å². The fourth-order valence-corrected chi connectivity index (χ4v) is 12.5. The minimum atomic E-state index is -0.878. The van der Waals surface area contributed by atoms with Gasteiger partial charge in [0.15, 0.2) is 11.5 Å². The number of rotatable bonds is 15. The average Bonchev–Trinajstić information content (AvgIpc) is 4.35. The number of aromatic nitrogens is 4. The van der Waals surface area contributed by atoms with Crippen LogP contribution >= 0.6 is 0 Å². The Kier molecular flexibility index (Phi) is 16.0. The fourth-order valence-electron chi connectivity index (χ4n) is 12.5. The number of benzene rings is 3. The Bertz CT molecular complexity index is 3000. The molecular formula is C61H74N8O10. The zero-order valence-corrected chi connectivity index (χ0v) is 45.8. The average molecular weight is 1080 g/mol. The number of H-pyrrole nitrogens is 2. The van der Waals surface area contributed by atoms with E-state index in [0.717, 1.165) is 128 Å². The molecule has 2 aromatic heterocycles. The first-order chi connectivity index (χ1) is 38.3. The maximum absolute atomic E-state index is 14.7. The number of aromatic amines is 2. The van der Waals surface area contributed by atoms with Gasteiger partial charge in [-0.15, -0.1) is 0 Å². The second-order valence-electron chi connectivity index (χ2n) is 23.1. The molecule has 18 nitrogen and oxygen atoms in total. The topological polar surface area (TPSA) is 219 Å². The van der Waals surface area contributed by atoms with Gasteiger partial charge in [0.25, 0.3) is 0 Å². The molecule has 4 N–H and O–H groups in total. The first kappa shape index (κ1) is 53.6. The molecule has 5 aromatic rings. The highest BCUT2D eigenvalue weighted by Crippen LogP contribution is 2.40. The molecule has 3 aliphatic carbocycles. The van der Waals surface area contributed by atoms with Gasteiger partial charge in [-0.3, -0.25) is 14.4 Å². The molecule has 4 amide bonds. The number of imidazole rings is 2. The second kappa shape index (κ2) is 23.5. The Balaban J connectivity index is 0.757.